The maximum absolute atomic E-state index is 12.8. The van der Waals surface area contributed by atoms with Gasteiger partial charge in [0.1, 0.15) is 17.0 Å². The molecule has 0 unspecified atom stereocenters. The molecule has 0 amide bonds. The minimum atomic E-state index is -1.39. The minimum absolute atomic E-state index is 0.176. The van der Waals surface area contributed by atoms with Crippen LogP contribution in [0.15, 0.2) is 22.5 Å². The van der Waals surface area contributed by atoms with E-state index >= 15 is 0 Å². The van der Waals surface area contributed by atoms with Gasteiger partial charge >= 0.3 is 0 Å². The molecule has 1 heterocycles. The Kier molecular flexibility index (Phi) is 9.64. The zero-order chi connectivity index (χ0) is 24.1. The first-order valence-electron chi connectivity index (χ1n) is 13.2. The first-order valence-corrected chi connectivity index (χ1v) is 13.2. The van der Waals surface area contributed by atoms with Crippen molar-refractivity contribution in [2.45, 2.75) is 137 Å². The van der Waals surface area contributed by atoms with E-state index in [4.69, 9.17) is 4.74 Å². The molecule has 1 aliphatic heterocycles. The van der Waals surface area contributed by atoms with Gasteiger partial charge in [0.05, 0.1) is 0 Å². The Morgan fingerprint density at radius 3 is 2.00 bits per heavy atom. The van der Waals surface area contributed by atoms with E-state index in [1.54, 1.807) is 6.92 Å². The average Bonchev–Trinajstić information content (AvgIpc) is 2.70. The smallest absolute Gasteiger partial charge is 0.197 e. The van der Waals surface area contributed by atoms with E-state index in [9.17, 15) is 9.90 Å². The minimum Gasteiger partial charge on any atom is -0.487 e. The number of hydrogen-bond acceptors (Lipinski definition) is 3. The third-order valence-electron chi connectivity index (χ3n) is 8.15. The van der Waals surface area contributed by atoms with Crippen molar-refractivity contribution in [3.63, 3.8) is 0 Å². The van der Waals surface area contributed by atoms with Gasteiger partial charge in [-0.25, -0.2) is 0 Å². The summed E-state index contributed by atoms with van der Waals surface area (Å²) in [5, 5.41) is 10.6. The number of ether oxygens (including phenoxy) is 1. The lowest BCUT2D eigenvalue weighted by Crippen LogP contribution is -2.45. The molecule has 0 aromatic heterocycles. The van der Waals surface area contributed by atoms with Crippen LogP contribution >= 0.6 is 0 Å². The molecule has 0 aromatic rings. The fraction of sp³-hybridized carbons (Fsp3) is 0.828. The summed E-state index contributed by atoms with van der Waals surface area (Å²) in [4.78, 5) is 12.8. The number of rotatable bonds is 12. The summed E-state index contributed by atoms with van der Waals surface area (Å²) in [5.74, 6) is 3.02. The zero-order valence-corrected chi connectivity index (χ0v) is 22.3. The van der Waals surface area contributed by atoms with Gasteiger partial charge in [0.2, 0.25) is 0 Å². The molecule has 0 spiro atoms. The van der Waals surface area contributed by atoms with Gasteiger partial charge < -0.3 is 9.84 Å². The number of ketones is 1. The van der Waals surface area contributed by atoms with Crippen molar-refractivity contribution < 1.29 is 14.6 Å². The maximum Gasteiger partial charge on any atom is 0.197 e. The van der Waals surface area contributed by atoms with Crippen LogP contribution in [0.25, 0.3) is 0 Å². The van der Waals surface area contributed by atoms with E-state index < -0.39 is 5.60 Å². The molecule has 4 atom stereocenters. The highest BCUT2D eigenvalue weighted by atomic mass is 16.5. The van der Waals surface area contributed by atoms with E-state index in [0.29, 0.717) is 12.0 Å². The summed E-state index contributed by atoms with van der Waals surface area (Å²) in [6.07, 6.45) is 13.1. The predicted molar refractivity (Wildman–Crippen MR) is 134 cm³/mol. The SMILES string of the molecule is CC1=C(C)[C@@](C)(O)C(=O)C2=C1O[C@](C)(CCC[C@H](C)CCC[C@H](C)CCCC(C)C)CC2. The van der Waals surface area contributed by atoms with Gasteiger partial charge in [0.25, 0.3) is 0 Å². The van der Waals surface area contributed by atoms with Crippen molar-refractivity contribution in [1.82, 2.24) is 0 Å². The average molecular weight is 447 g/mol. The van der Waals surface area contributed by atoms with Crippen LogP contribution < -0.4 is 0 Å². The summed E-state index contributed by atoms with van der Waals surface area (Å²) in [5.41, 5.74) is 0.742. The van der Waals surface area contributed by atoms with E-state index in [1.165, 1.54) is 44.9 Å². The fourth-order valence-electron chi connectivity index (χ4n) is 5.36. The van der Waals surface area contributed by atoms with Gasteiger partial charge in [-0.1, -0.05) is 72.6 Å². The van der Waals surface area contributed by atoms with Gasteiger partial charge in [-0.3, -0.25) is 4.79 Å². The number of aliphatic hydroxyl groups is 1. The highest BCUT2D eigenvalue weighted by Crippen LogP contribution is 2.44. The van der Waals surface area contributed by atoms with Crippen molar-refractivity contribution in [2.75, 3.05) is 0 Å². The van der Waals surface area contributed by atoms with Gasteiger partial charge in [0, 0.05) is 5.57 Å². The Bertz CT molecular complexity index is 712. The molecule has 2 rings (SSSR count). The van der Waals surface area contributed by atoms with Gasteiger partial charge in [0.15, 0.2) is 5.78 Å². The number of hydrogen-bond donors (Lipinski definition) is 1. The summed E-state index contributed by atoms with van der Waals surface area (Å²) in [6.45, 7) is 17.1. The zero-order valence-electron chi connectivity index (χ0n) is 22.3. The van der Waals surface area contributed by atoms with Crippen LogP contribution in [0.1, 0.15) is 126 Å². The standard InChI is InChI=1S/C29H50O3/c1-20(2)12-9-13-21(3)14-10-15-22(4)16-11-18-28(7)19-17-25-26(32-28)23(5)24(6)29(8,31)27(25)30/h20-22,31H,9-19H2,1-8H3/t21-,22-,28-,29-/m1/s1. The molecular weight excluding hydrogens is 396 g/mol. The Morgan fingerprint density at radius 1 is 0.906 bits per heavy atom. The summed E-state index contributed by atoms with van der Waals surface area (Å²) in [6, 6.07) is 0. The number of Topliss-reactive ketones (excluding diaryl/α,β-unsaturated/α-hetero) is 1. The van der Waals surface area contributed by atoms with Crippen LogP contribution in [0.4, 0.5) is 0 Å². The largest absolute Gasteiger partial charge is 0.487 e. The normalized spacial score (nSPS) is 28.1. The number of carbonyl (C=O) groups is 1. The van der Waals surface area contributed by atoms with Crippen LogP contribution in [-0.4, -0.2) is 22.1 Å². The van der Waals surface area contributed by atoms with Gasteiger partial charge in [-0.05, 0) is 82.3 Å². The second kappa shape index (κ2) is 11.4. The lowest BCUT2D eigenvalue weighted by molar-refractivity contribution is -0.130. The molecule has 3 nitrogen and oxygen atoms in total. The van der Waals surface area contributed by atoms with Crippen molar-refractivity contribution in [3.05, 3.63) is 22.5 Å². The highest BCUT2D eigenvalue weighted by molar-refractivity contribution is 6.06. The molecule has 3 heteroatoms. The molecule has 0 bridgehead atoms. The van der Waals surface area contributed by atoms with Crippen LogP contribution in [0.2, 0.25) is 0 Å². The lowest BCUT2D eigenvalue weighted by atomic mass is 9.75. The second-order valence-corrected chi connectivity index (χ2v) is 11.9. The lowest BCUT2D eigenvalue weighted by Gasteiger charge is -2.42. The molecule has 0 saturated heterocycles. The number of carbonyl (C=O) groups excluding carboxylic acids is 1. The maximum atomic E-state index is 12.8. The Hall–Kier alpha value is -1.09. The topological polar surface area (TPSA) is 46.5 Å². The number of allylic oxidation sites excluding steroid dienone is 1. The molecule has 0 saturated carbocycles. The van der Waals surface area contributed by atoms with Crippen LogP contribution in [0.5, 0.6) is 0 Å². The summed E-state index contributed by atoms with van der Waals surface area (Å²) >= 11 is 0. The van der Waals surface area contributed by atoms with Crippen molar-refractivity contribution in [3.8, 4) is 0 Å². The van der Waals surface area contributed by atoms with E-state index in [2.05, 4.69) is 34.6 Å². The highest BCUT2D eigenvalue weighted by Gasteiger charge is 2.45. The molecule has 1 N–H and O–H groups in total. The molecular formula is C29H50O3. The van der Waals surface area contributed by atoms with E-state index in [0.717, 1.165) is 53.9 Å². The first kappa shape index (κ1) is 27.2. The quantitative estimate of drug-likeness (QED) is 0.331. The van der Waals surface area contributed by atoms with Gasteiger partial charge in [-0.15, -0.1) is 0 Å². The monoisotopic (exact) mass is 446 g/mol. The van der Waals surface area contributed by atoms with Crippen LogP contribution in [0, 0.1) is 17.8 Å². The van der Waals surface area contributed by atoms with Gasteiger partial charge in [-0.2, -0.15) is 0 Å². The molecule has 0 fully saturated rings. The second-order valence-electron chi connectivity index (χ2n) is 11.9. The van der Waals surface area contributed by atoms with E-state index in [1.807, 2.05) is 13.8 Å². The Labute approximate surface area is 198 Å². The Balaban J connectivity index is 1.75. The molecule has 0 radical (unpaired) electrons. The third-order valence-corrected chi connectivity index (χ3v) is 8.15. The molecule has 2 aliphatic rings. The summed E-state index contributed by atoms with van der Waals surface area (Å²) < 4.78 is 6.46. The summed E-state index contributed by atoms with van der Waals surface area (Å²) in [7, 11) is 0. The van der Waals surface area contributed by atoms with Crippen LogP contribution in [-0.2, 0) is 9.53 Å². The third kappa shape index (κ3) is 6.95. The van der Waals surface area contributed by atoms with Crippen molar-refractivity contribution >= 4 is 5.78 Å². The molecule has 184 valence electrons. The van der Waals surface area contributed by atoms with Crippen molar-refractivity contribution in [2.24, 2.45) is 17.8 Å². The fourth-order valence-corrected chi connectivity index (χ4v) is 5.36. The molecule has 32 heavy (non-hydrogen) atoms. The first-order chi connectivity index (χ1) is 14.9. The van der Waals surface area contributed by atoms with Crippen molar-refractivity contribution in [1.29, 1.82) is 0 Å². The van der Waals surface area contributed by atoms with Crippen LogP contribution in [0.3, 0.4) is 0 Å². The predicted octanol–water partition coefficient (Wildman–Crippen LogP) is 7.92. The van der Waals surface area contributed by atoms with E-state index in [-0.39, 0.29) is 11.4 Å². The molecule has 0 aromatic carbocycles. The Morgan fingerprint density at radius 2 is 1.44 bits per heavy atom. The molecule has 1 aliphatic carbocycles.